The molecule has 2 heterocycles. The smallest absolute Gasteiger partial charge is 0.123 e. The minimum atomic E-state index is -0.207. The average molecular weight is 295 g/mol. The highest BCUT2D eigenvalue weighted by molar-refractivity contribution is 5.99. The van der Waals surface area contributed by atoms with E-state index in [1.165, 1.54) is 22.2 Å². The van der Waals surface area contributed by atoms with Crippen molar-refractivity contribution in [3.8, 4) is 5.75 Å². The van der Waals surface area contributed by atoms with Crippen molar-refractivity contribution in [1.82, 2.24) is 4.98 Å². The topological polar surface area (TPSA) is 34.2 Å². The molecule has 4 rings (SSSR count). The molecule has 2 aromatic rings. The van der Waals surface area contributed by atoms with Gasteiger partial charge in [-0.05, 0) is 44.9 Å². The van der Waals surface area contributed by atoms with Crippen LogP contribution in [0.1, 0.15) is 37.1 Å². The summed E-state index contributed by atoms with van der Waals surface area (Å²) >= 11 is 0. The number of aryl methyl sites for hydroxylation is 2. The monoisotopic (exact) mass is 295 g/mol. The van der Waals surface area contributed by atoms with E-state index in [-0.39, 0.29) is 5.60 Å². The Bertz CT molecular complexity index is 837. The molecule has 1 aliphatic carbocycles. The summed E-state index contributed by atoms with van der Waals surface area (Å²) in [4.78, 5) is 3.57. The second kappa shape index (κ2) is 4.42. The van der Waals surface area contributed by atoms with Gasteiger partial charge in [0, 0.05) is 40.2 Å². The molecule has 2 aliphatic rings. The van der Waals surface area contributed by atoms with Crippen molar-refractivity contribution in [2.75, 3.05) is 7.11 Å². The highest BCUT2D eigenvalue weighted by atomic mass is 16.5. The van der Waals surface area contributed by atoms with Crippen molar-refractivity contribution in [1.29, 1.82) is 0 Å². The van der Waals surface area contributed by atoms with Gasteiger partial charge in [-0.2, -0.15) is 0 Å². The zero-order valence-electron chi connectivity index (χ0n) is 13.5. The first-order valence-electron chi connectivity index (χ1n) is 7.79. The van der Waals surface area contributed by atoms with Gasteiger partial charge >= 0.3 is 0 Å². The van der Waals surface area contributed by atoms with E-state index in [4.69, 9.17) is 9.47 Å². The lowest BCUT2D eigenvalue weighted by Crippen LogP contribution is -2.25. The van der Waals surface area contributed by atoms with Crippen molar-refractivity contribution in [3.05, 3.63) is 46.9 Å². The number of hydrogen-bond acceptors (Lipinski definition) is 2. The van der Waals surface area contributed by atoms with E-state index in [2.05, 4.69) is 50.0 Å². The number of allylic oxidation sites excluding steroid dienone is 3. The molecule has 1 aromatic heterocycles. The number of methoxy groups -OCH3 is 1. The first-order chi connectivity index (χ1) is 10.5. The van der Waals surface area contributed by atoms with Gasteiger partial charge in [0.2, 0.25) is 0 Å². The van der Waals surface area contributed by atoms with Gasteiger partial charge in [-0.15, -0.1) is 0 Å². The van der Waals surface area contributed by atoms with Crippen LogP contribution in [0, 0.1) is 6.92 Å². The van der Waals surface area contributed by atoms with Gasteiger partial charge in [0.15, 0.2) is 0 Å². The lowest BCUT2D eigenvalue weighted by molar-refractivity contribution is 0.0702. The Hall–Kier alpha value is -2.16. The second-order valence-corrected chi connectivity index (χ2v) is 6.72. The highest BCUT2D eigenvalue weighted by Gasteiger charge is 2.30. The molecule has 114 valence electrons. The molecule has 3 heteroatoms. The van der Waals surface area contributed by atoms with Crippen LogP contribution >= 0.6 is 0 Å². The number of fused-ring (bicyclic) bond motifs is 4. The zero-order valence-corrected chi connectivity index (χ0v) is 13.5. The summed E-state index contributed by atoms with van der Waals surface area (Å²) in [5, 5.41) is 1.26. The van der Waals surface area contributed by atoms with E-state index in [0.29, 0.717) is 0 Å². The van der Waals surface area contributed by atoms with Crippen LogP contribution in [0.3, 0.4) is 0 Å². The fourth-order valence-corrected chi connectivity index (χ4v) is 3.53. The number of aromatic nitrogens is 1. The second-order valence-electron chi connectivity index (χ2n) is 6.72. The molecule has 0 radical (unpaired) electrons. The minimum Gasteiger partial charge on any atom is -0.496 e. The van der Waals surface area contributed by atoms with Crippen LogP contribution in [0.2, 0.25) is 0 Å². The Morgan fingerprint density at radius 1 is 1.23 bits per heavy atom. The molecule has 0 saturated carbocycles. The van der Waals surface area contributed by atoms with E-state index in [0.717, 1.165) is 35.4 Å². The van der Waals surface area contributed by atoms with Crippen LogP contribution in [-0.2, 0) is 11.2 Å². The van der Waals surface area contributed by atoms with Gasteiger partial charge in [-0.1, -0.05) is 6.08 Å². The third kappa shape index (κ3) is 1.88. The summed E-state index contributed by atoms with van der Waals surface area (Å²) in [7, 11) is 1.72. The molecular formula is C19H21NO2. The fraction of sp³-hybridized carbons (Fsp3) is 0.368. The lowest BCUT2D eigenvalue weighted by Gasteiger charge is -2.32. The van der Waals surface area contributed by atoms with E-state index >= 15 is 0 Å². The number of aromatic amines is 1. The predicted octanol–water partition coefficient (Wildman–Crippen LogP) is 4.51. The molecule has 0 unspecified atom stereocenters. The van der Waals surface area contributed by atoms with Crippen molar-refractivity contribution in [2.24, 2.45) is 0 Å². The number of rotatable bonds is 1. The standard InChI is InChI=1S/C19H21NO2/c1-11-9-13-15(10-17(11)21-4)20-14-5-6-16-12(18(13)14)7-8-19(2,3)22-16/h7-10,20H,5-6H2,1-4H3. The van der Waals surface area contributed by atoms with Gasteiger partial charge in [-0.3, -0.25) is 0 Å². The fourth-order valence-electron chi connectivity index (χ4n) is 3.53. The van der Waals surface area contributed by atoms with Crippen LogP contribution in [0.15, 0.2) is 30.0 Å². The highest BCUT2D eigenvalue weighted by Crippen LogP contribution is 2.42. The summed E-state index contributed by atoms with van der Waals surface area (Å²) in [5.41, 5.74) is 5.92. The van der Waals surface area contributed by atoms with E-state index < -0.39 is 0 Å². The summed E-state index contributed by atoms with van der Waals surface area (Å²) in [6.07, 6.45) is 6.33. The van der Waals surface area contributed by atoms with Crippen LogP contribution in [0.4, 0.5) is 0 Å². The van der Waals surface area contributed by atoms with E-state index in [1.54, 1.807) is 7.11 Å². The first kappa shape index (κ1) is 13.5. The molecular weight excluding hydrogens is 274 g/mol. The van der Waals surface area contributed by atoms with Gasteiger partial charge in [-0.25, -0.2) is 0 Å². The van der Waals surface area contributed by atoms with E-state index in [1.807, 2.05) is 0 Å². The van der Waals surface area contributed by atoms with Crippen LogP contribution in [0.5, 0.6) is 5.75 Å². The number of ether oxygens (including phenoxy) is 2. The molecule has 1 N–H and O–H groups in total. The minimum absolute atomic E-state index is 0.207. The number of H-pyrrole nitrogens is 1. The Labute approximate surface area is 130 Å². The third-order valence-electron chi connectivity index (χ3n) is 4.60. The molecule has 3 nitrogen and oxygen atoms in total. The molecule has 0 spiro atoms. The van der Waals surface area contributed by atoms with Crippen molar-refractivity contribution in [3.63, 3.8) is 0 Å². The molecule has 0 atom stereocenters. The lowest BCUT2D eigenvalue weighted by atomic mass is 9.89. The van der Waals surface area contributed by atoms with Crippen molar-refractivity contribution < 1.29 is 9.47 Å². The molecule has 22 heavy (non-hydrogen) atoms. The Balaban J connectivity index is 1.95. The van der Waals surface area contributed by atoms with Gasteiger partial charge in [0.1, 0.15) is 17.1 Å². The van der Waals surface area contributed by atoms with Gasteiger partial charge in [0.25, 0.3) is 0 Å². The normalized spacial score (nSPS) is 18.9. The van der Waals surface area contributed by atoms with Crippen LogP contribution in [0.25, 0.3) is 16.5 Å². The molecule has 0 fully saturated rings. The van der Waals surface area contributed by atoms with Crippen molar-refractivity contribution >= 4 is 16.5 Å². The summed E-state index contributed by atoms with van der Waals surface area (Å²) < 4.78 is 11.6. The quantitative estimate of drug-likeness (QED) is 0.840. The molecule has 0 bridgehead atoms. The predicted molar refractivity (Wildman–Crippen MR) is 89.1 cm³/mol. The molecule has 0 amide bonds. The largest absolute Gasteiger partial charge is 0.496 e. The Morgan fingerprint density at radius 2 is 2.05 bits per heavy atom. The summed E-state index contributed by atoms with van der Waals surface area (Å²) in [6, 6.07) is 4.31. The summed E-state index contributed by atoms with van der Waals surface area (Å²) in [5.74, 6) is 2.05. The SMILES string of the molecule is COc1cc2[nH]c3c(c2cc1C)C1=C(CC3)OC(C)(C)C=C1. The Kier molecular flexibility index (Phi) is 2.71. The molecule has 0 saturated heterocycles. The maximum Gasteiger partial charge on any atom is 0.123 e. The Morgan fingerprint density at radius 3 is 2.82 bits per heavy atom. The average Bonchev–Trinajstić information content (AvgIpc) is 2.83. The van der Waals surface area contributed by atoms with Crippen molar-refractivity contribution in [2.45, 2.75) is 39.2 Å². The van der Waals surface area contributed by atoms with Crippen LogP contribution in [-0.4, -0.2) is 17.7 Å². The number of hydrogen-bond donors (Lipinski definition) is 1. The molecule has 1 aliphatic heterocycles. The molecule has 1 aromatic carbocycles. The third-order valence-corrected chi connectivity index (χ3v) is 4.60. The van der Waals surface area contributed by atoms with Crippen LogP contribution < -0.4 is 4.74 Å². The van der Waals surface area contributed by atoms with Gasteiger partial charge < -0.3 is 14.5 Å². The maximum atomic E-state index is 6.18. The number of benzene rings is 1. The van der Waals surface area contributed by atoms with Gasteiger partial charge in [0.05, 0.1) is 7.11 Å². The maximum absolute atomic E-state index is 6.18. The zero-order chi connectivity index (χ0) is 15.5. The van der Waals surface area contributed by atoms with E-state index in [9.17, 15) is 0 Å². The first-order valence-corrected chi connectivity index (χ1v) is 7.79. The summed E-state index contributed by atoms with van der Waals surface area (Å²) in [6.45, 7) is 6.30. The number of nitrogens with one attached hydrogen (secondary N) is 1.